The molecule has 14 heavy (non-hydrogen) atoms. The lowest BCUT2D eigenvalue weighted by atomic mass is 10.4. The fourth-order valence-electron chi connectivity index (χ4n) is 0.872. The first-order valence-corrected chi connectivity index (χ1v) is 4.66. The summed E-state index contributed by atoms with van der Waals surface area (Å²) in [6, 6.07) is 0. The highest BCUT2D eigenvalue weighted by atomic mass is 35.5. The topological polar surface area (TPSA) is 29.5 Å². The predicted molar refractivity (Wildman–Crippen MR) is 54.1 cm³/mol. The molecule has 3 nitrogen and oxygen atoms in total. The SMILES string of the molecule is CC(C)=COCCC[N+](C)(C)CO.[Cl-]. The summed E-state index contributed by atoms with van der Waals surface area (Å²) in [5, 5.41) is 8.96. The van der Waals surface area contributed by atoms with Gasteiger partial charge in [0.1, 0.15) is 0 Å². The Morgan fingerprint density at radius 2 is 1.93 bits per heavy atom. The molecule has 4 heteroatoms. The van der Waals surface area contributed by atoms with Crippen molar-refractivity contribution >= 4 is 0 Å². The van der Waals surface area contributed by atoms with Gasteiger partial charge >= 0.3 is 0 Å². The zero-order valence-corrected chi connectivity index (χ0v) is 10.3. The molecule has 0 aliphatic rings. The lowest BCUT2D eigenvalue weighted by Crippen LogP contribution is -3.00. The number of aliphatic hydroxyl groups is 1. The maximum atomic E-state index is 8.96. The van der Waals surface area contributed by atoms with Crippen molar-refractivity contribution in [1.82, 2.24) is 0 Å². The molecule has 0 atom stereocenters. The summed E-state index contributed by atoms with van der Waals surface area (Å²) >= 11 is 0. The van der Waals surface area contributed by atoms with Crippen molar-refractivity contribution < 1.29 is 26.7 Å². The molecule has 86 valence electrons. The third kappa shape index (κ3) is 9.84. The van der Waals surface area contributed by atoms with Crippen molar-refractivity contribution in [2.75, 3.05) is 34.0 Å². The van der Waals surface area contributed by atoms with Crippen LogP contribution >= 0.6 is 0 Å². The normalized spacial score (nSPS) is 10.4. The Kier molecular flexibility index (Phi) is 9.36. The standard InChI is InChI=1S/C10H22NO2.ClH/c1-10(2)8-13-7-5-6-11(3,4)9-12;/h8,12H,5-7,9H2,1-4H3;1H/q+1;/p-1. The first kappa shape index (κ1) is 16.2. The van der Waals surface area contributed by atoms with Gasteiger partial charge < -0.3 is 26.7 Å². The predicted octanol–water partition coefficient (Wildman–Crippen LogP) is -1.65. The summed E-state index contributed by atoms with van der Waals surface area (Å²) in [6.07, 6.45) is 2.75. The number of quaternary nitrogens is 1. The molecular weight excluding hydrogens is 202 g/mol. The van der Waals surface area contributed by atoms with Gasteiger partial charge in [-0.1, -0.05) is 0 Å². The Labute approximate surface area is 93.4 Å². The Morgan fingerprint density at radius 3 is 2.36 bits per heavy atom. The largest absolute Gasteiger partial charge is 1.00 e. The van der Waals surface area contributed by atoms with E-state index in [2.05, 4.69) is 0 Å². The summed E-state index contributed by atoms with van der Waals surface area (Å²) in [5.74, 6) is 0. The van der Waals surface area contributed by atoms with E-state index >= 15 is 0 Å². The molecule has 0 saturated heterocycles. The molecule has 0 bridgehead atoms. The molecule has 0 aliphatic carbocycles. The minimum absolute atomic E-state index is 0. The van der Waals surface area contributed by atoms with E-state index in [9.17, 15) is 0 Å². The number of allylic oxidation sites excluding steroid dienone is 1. The molecule has 0 rings (SSSR count). The highest BCUT2D eigenvalue weighted by molar-refractivity contribution is 4.86. The highest BCUT2D eigenvalue weighted by Gasteiger charge is 2.11. The number of rotatable bonds is 6. The molecule has 0 aromatic rings. The van der Waals surface area contributed by atoms with E-state index in [1.807, 2.05) is 27.9 Å². The van der Waals surface area contributed by atoms with Crippen LogP contribution in [0.2, 0.25) is 0 Å². The van der Waals surface area contributed by atoms with Crippen LogP contribution in [0.4, 0.5) is 0 Å². The quantitative estimate of drug-likeness (QED) is 0.253. The average Bonchev–Trinajstić information content (AvgIpc) is 2.03. The Morgan fingerprint density at radius 1 is 1.36 bits per heavy atom. The van der Waals surface area contributed by atoms with Crippen LogP contribution in [-0.4, -0.2) is 43.6 Å². The van der Waals surface area contributed by atoms with Crippen LogP contribution in [0.25, 0.3) is 0 Å². The highest BCUT2D eigenvalue weighted by Crippen LogP contribution is 1.98. The van der Waals surface area contributed by atoms with Gasteiger partial charge in [0.25, 0.3) is 0 Å². The second-order valence-electron chi connectivity index (χ2n) is 4.22. The molecule has 0 fully saturated rings. The zero-order valence-electron chi connectivity index (χ0n) is 9.59. The van der Waals surface area contributed by atoms with Gasteiger partial charge in [0, 0.05) is 6.42 Å². The first-order valence-electron chi connectivity index (χ1n) is 4.66. The van der Waals surface area contributed by atoms with Crippen molar-refractivity contribution in [1.29, 1.82) is 0 Å². The number of halogens is 1. The second-order valence-corrected chi connectivity index (χ2v) is 4.22. The van der Waals surface area contributed by atoms with Gasteiger partial charge in [0.05, 0.1) is 33.5 Å². The molecule has 0 heterocycles. The van der Waals surface area contributed by atoms with Crippen molar-refractivity contribution in [3.05, 3.63) is 11.8 Å². The van der Waals surface area contributed by atoms with Gasteiger partial charge in [-0.05, 0) is 19.4 Å². The van der Waals surface area contributed by atoms with E-state index in [0.29, 0.717) is 4.48 Å². The van der Waals surface area contributed by atoms with Crippen molar-refractivity contribution in [3.8, 4) is 0 Å². The molecule has 0 spiro atoms. The van der Waals surface area contributed by atoms with Crippen LogP contribution < -0.4 is 12.4 Å². The first-order chi connectivity index (χ1) is 5.98. The molecule has 0 saturated carbocycles. The molecule has 0 aromatic heterocycles. The summed E-state index contributed by atoms with van der Waals surface area (Å²) in [5.41, 5.74) is 1.18. The van der Waals surface area contributed by atoms with Gasteiger partial charge in [0.15, 0.2) is 6.73 Å². The molecule has 0 aromatic carbocycles. The molecule has 0 aliphatic heterocycles. The van der Waals surface area contributed by atoms with E-state index in [1.165, 1.54) is 5.57 Å². The van der Waals surface area contributed by atoms with Crippen molar-refractivity contribution in [2.45, 2.75) is 20.3 Å². The van der Waals surface area contributed by atoms with Crippen LogP contribution in [0.15, 0.2) is 11.8 Å². The van der Waals surface area contributed by atoms with E-state index < -0.39 is 0 Å². The number of ether oxygens (including phenoxy) is 1. The zero-order chi connectivity index (χ0) is 10.3. The fraction of sp³-hybridized carbons (Fsp3) is 0.800. The number of aliphatic hydroxyl groups excluding tert-OH is 1. The number of hydrogen-bond acceptors (Lipinski definition) is 2. The lowest BCUT2D eigenvalue weighted by molar-refractivity contribution is -0.909. The third-order valence-corrected chi connectivity index (χ3v) is 1.73. The van der Waals surface area contributed by atoms with E-state index in [0.717, 1.165) is 19.6 Å². The van der Waals surface area contributed by atoms with E-state index in [1.54, 1.807) is 6.26 Å². The van der Waals surface area contributed by atoms with Gasteiger partial charge in [-0.25, -0.2) is 0 Å². The molecule has 0 unspecified atom stereocenters. The average molecular weight is 224 g/mol. The second kappa shape index (κ2) is 8.09. The van der Waals surface area contributed by atoms with Gasteiger partial charge in [-0.15, -0.1) is 0 Å². The fourth-order valence-corrected chi connectivity index (χ4v) is 0.872. The minimum atomic E-state index is 0. The summed E-state index contributed by atoms with van der Waals surface area (Å²) in [7, 11) is 4.00. The smallest absolute Gasteiger partial charge is 0.179 e. The Bertz CT molecular complexity index is 166. The molecule has 0 amide bonds. The monoisotopic (exact) mass is 223 g/mol. The lowest BCUT2D eigenvalue weighted by Gasteiger charge is -2.26. The summed E-state index contributed by atoms with van der Waals surface area (Å²) in [4.78, 5) is 0. The summed E-state index contributed by atoms with van der Waals surface area (Å²) < 4.78 is 5.92. The molecule has 1 N–H and O–H groups in total. The van der Waals surface area contributed by atoms with Crippen LogP contribution in [-0.2, 0) is 4.74 Å². The van der Waals surface area contributed by atoms with E-state index in [4.69, 9.17) is 9.84 Å². The van der Waals surface area contributed by atoms with Crippen LogP contribution in [0.5, 0.6) is 0 Å². The van der Waals surface area contributed by atoms with Gasteiger partial charge in [-0.3, -0.25) is 0 Å². The molecular formula is C10H22ClNO2. The maximum Gasteiger partial charge on any atom is 0.179 e. The van der Waals surface area contributed by atoms with Crippen LogP contribution in [0.3, 0.4) is 0 Å². The third-order valence-electron chi connectivity index (χ3n) is 1.73. The maximum absolute atomic E-state index is 8.96. The number of hydrogen-bond donors (Lipinski definition) is 1. The van der Waals surface area contributed by atoms with Gasteiger partial charge in [0.2, 0.25) is 0 Å². The Hall–Kier alpha value is -0.250. The summed E-state index contributed by atoms with van der Waals surface area (Å²) in [6.45, 7) is 5.87. The van der Waals surface area contributed by atoms with Crippen LogP contribution in [0.1, 0.15) is 20.3 Å². The van der Waals surface area contributed by atoms with E-state index in [-0.39, 0.29) is 19.1 Å². The van der Waals surface area contributed by atoms with Crippen molar-refractivity contribution in [2.24, 2.45) is 0 Å². The van der Waals surface area contributed by atoms with Crippen molar-refractivity contribution in [3.63, 3.8) is 0 Å². The molecule has 0 radical (unpaired) electrons. The van der Waals surface area contributed by atoms with Crippen LogP contribution in [0, 0.1) is 0 Å². The number of nitrogens with zero attached hydrogens (tertiary/aromatic N) is 1. The Balaban J connectivity index is 0. The van der Waals surface area contributed by atoms with Gasteiger partial charge in [-0.2, -0.15) is 0 Å². The minimum Gasteiger partial charge on any atom is -1.00 e.